The number of carboxylic acid groups (broad SMARTS) is 1. The molecule has 8 heteroatoms. The minimum atomic E-state index is -1.08. The molecule has 2 rings (SSSR count). The predicted octanol–water partition coefficient (Wildman–Crippen LogP) is 2.03. The smallest absolute Gasteiger partial charge is 0.323 e. The van der Waals surface area contributed by atoms with Crippen molar-refractivity contribution in [3.05, 3.63) is 40.7 Å². The Bertz CT molecular complexity index is 729. The fourth-order valence-corrected chi connectivity index (χ4v) is 2.38. The van der Waals surface area contributed by atoms with Crippen LogP contribution in [-0.2, 0) is 11.2 Å². The zero-order valence-electron chi connectivity index (χ0n) is 12.9. The summed E-state index contributed by atoms with van der Waals surface area (Å²) in [6.45, 7) is 1.58. The SMILES string of the molecule is CCCc1c(C(=O)N(C)CC(=O)O)nnn1-c1cccc(Cl)c1. The van der Waals surface area contributed by atoms with Crippen LogP contribution in [0.15, 0.2) is 24.3 Å². The average Bonchev–Trinajstić information content (AvgIpc) is 2.90. The maximum atomic E-state index is 12.4. The van der Waals surface area contributed by atoms with Crippen molar-refractivity contribution in [1.82, 2.24) is 19.9 Å². The van der Waals surface area contributed by atoms with Crippen molar-refractivity contribution >= 4 is 23.5 Å². The first-order valence-electron chi connectivity index (χ1n) is 7.11. The second-order valence-corrected chi connectivity index (χ2v) is 5.52. The summed E-state index contributed by atoms with van der Waals surface area (Å²) >= 11 is 6.00. The summed E-state index contributed by atoms with van der Waals surface area (Å²) in [6.07, 6.45) is 1.37. The quantitative estimate of drug-likeness (QED) is 0.872. The summed E-state index contributed by atoms with van der Waals surface area (Å²) in [5.74, 6) is -1.55. The monoisotopic (exact) mass is 336 g/mol. The summed E-state index contributed by atoms with van der Waals surface area (Å²) in [4.78, 5) is 24.3. The van der Waals surface area contributed by atoms with E-state index in [1.807, 2.05) is 13.0 Å². The molecule has 0 aliphatic heterocycles. The molecule has 0 radical (unpaired) electrons. The van der Waals surface area contributed by atoms with E-state index in [1.165, 1.54) is 7.05 Å². The highest BCUT2D eigenvalue weighted by atomic mass is 35.5. The number of carbonyl (C=O) groups excluding carboxylic acids is 1. The van der Waals surface area contributed by atoms with Gasteiger partial charge >= 0.3 is 5.97 Å². The van der Waals surface area contributed by atoms with Gasteiger partial charge in [0.1, 0.15) is 6.54 Å². The standard InChI is InChI=1S/C15H17ClN4O3/c1-3-5-12-14(15(23)19(2)9-13(21)22)17-18-20(12)11-7-4-6-10(16)8-11/h4,6-8H,3,5,9H2,1-2H3,(H,21,22). The fraction of sp³-hybridized carbons (Fsp3) is 0.333. The Hall–Kier alpha value is -2.41. The number of carbonyl (C=O) groups is 2. The van der Waals surface area contributed by atoms with Crippen LogP contribution >= 0.6 is 11.6 Å². The lowest BCUT2D eigenvalue weighted by molar-refractivity contribution is -0.137. The lowest BCUT2D eigenvalue weighted by Crippen LogP contribution is -2.32. The number of hydrogen-bond donors (Lipinski definition) is 1. The van der Waals surface area contributed by atoms with Gasteiger partial charge in [0, 0.05) is 12.1 Å². The van der Waals surface area contributed by atoms with Gasteiger partial charge in [-0.1, -0.05) is 36.2 Å². The first-order valence-corrected chi connectivity index (χ1v) is 7.49. The summed E-state index contributed by atoms with van der Waals surface area (Å²) in [5, 5.41) is 17.4. The molecule has 122 valence electrons. The Morgan fingerprint density at radius 2 is 2.13 bits per heavy atom. The number of likely N-dealkylation sites (N-methyl/N-ethyl adjacent to an activating group) is 1. The fourth-order valence-electron chi connectivity index (χ4n) is 2.20. The van der Waals surface area contributed by atoms with Gasteiger partial charge in [-0.25, -0.2) is 4.68 Å². The topological polar surface area (TPSA) is 88.3 Å². The van der Waals surface area contributed by atoms with Gasteiger partial charge in [-0.05, 0) is 24.6 Å². The van der Waals surface area contributed by atoms with Gasteiger partial charge in [0.15, 0.2) is 5.69 Å². The van der Waals surface area contributed by atoms with E-state index in [0.29, 0.717) is 22.8 Å². The van der Waals surface area contributed by atoms with Gasteiger partial charge in [0.25, 0.3) is 5.91 Å². The van der Waals surface area contributed by atoms with E-state index in [1.54, 1.807) is 22.9 Å². The maximum Gasteiger partial charge on any atom is 0.323 e. The van der Waals surface area contributed by atoms with Crippen LogP contribution in [-0.4, -0.2) is 50.5 Å². The van der Waals surface area contributed by atoms with Crippen LogP contribution < -0.4 is 0 Å². The Morgan fingerprint density at radius 1 is 1.39 bits per heavy atom. The highest BCUT2D eigenvalue weighted by Gasteiger charge is 2.24. The van der Waals surface area contributed by atoms with Gasteiger partial charge in [0.05, 0.1) is 11.4 Å². The zero-order chi connectivity index (χ0) is 17.0. The van der Waals surface area contributed by atoms with Crippen LogP contribution in [0.3, 0.4) is 0 Å². The Labute approximate surface area is 138 Å². The number of aromatic nitrogens is 3. The first-order chi connectivity index (χ1) is 10.9. The summed E-state index contributed by atoms with van der Waals surface area (Å²) in [5.41, 5.74) is 1.50. The third kappa shape index (κ3) is 3.87. The van der Waals surface area contributed by atoms with Gasteiger partial charge < -0.3 is 10.0 Å². The van der Waals surface area contributed by atoms with E-state index in [4.69, 9.17) is 16.7 Å². The molecular formula is C15H17ClN4O3. The molecule has 0 unspecified atom stereocenters. The van der Waals surface area contributed by atoms with E-state index < -0.39 is 18.4 Å². The molecule has 0 spiro atoms. The summed E-state index contributed by atoms with van der Waals surface area (Å²) in [6, 6.07) is 7.07. The van der Waals surface area contributed by atoms with Crippen molar-refractivity contribution in [2.45, 2.75) is 19.8 Å². The van der Waals surface area contributed by atoms with E-state index in [9.17, 15) is 9.59 Å². The van der Waals surface area contributed by atoms with E-state index in [0.717, 1.165) is 11.3 Å². The molecule has 1 heterocycles. The molecule has 1 N–H and O–H groups in total. The van der Waals surface area contributed by atoms with Crippen LogP contribution in [0.4, 0.5) is 0 Å². The van der Waals surface area contributed by atoms with Crippen molar-refractivity contribution in [3.63, 3.8) is 0 Å². The van der Waals surface area contributed by atoms with E-state index in [2.05, 4.69) is 10.3 Å². The van der Waals surface area contributed by atoms with Crippen LogP contribution in [0.25, 0.3) is 5.69 Å². The molecule has 1 amide bonds. The molecule has 0 atom stereocenters. The van der Waals surface area contributed by atoms with Crippen LogP contribution in [0.5, 0.6) is 0 Å². The van der Waals surface area contributed by atoms with E-state index in [-0.39, 0.29) is 5.69 Å². The molecule has 0 saturated carbocycles. The van der Waals surface area contributed by atoms with Crippen molar-refractivity contribution in [2.24, 2.45) is 0 Å². The Balaban J connectivity index is 2.42. The maximum absolute atomic E-state index is 12.4. The third-order valence-corrected chi connectivity index (χ3v) is 3.46. The number of hydrogen-bond acceptors (Lipinski definition) is 4. The molecule has 0 saturated heterocycles. The second kappa shape index (κ2) is 7.23. The predicted molar refractivity (Wildman–Crippen MR) is 85.0 cm³/mol. The minimum Gasteiger partial charge on any atom is -0.480 e. The number of benzene rings is 1. The normalized spacial score (nSPS) is 10.6. The molecule has 0 aliphatic carbocycles. The average molecular weight is 337 g/mol. The number of nitrogens with zero attached hydrogens (tertiary/aromatic N) is 4. The molecule has 23 heavy (non-hydrogen) atoms. The molecule has 1 aromatic carbocycles. The highest BCUT2D eigenvalue weighted by molar-refractivity contribution is 6.30. The van der Waals surface area contributed by atoms with Crippen LogP contribution in [0.2, 0.25) is 5.02 Å². The number of rotatable bonds is 6. The lowest BCUT2D eigenvalue weighted by Gasteiger charge is -2.14. The molecule has 2 aromatic rings. The van der Waals surface area contributed by atoms with Gasteiger partial charge in [-0.15, -0.1) is 5.10 Å². The summed E-state index contributed by atoms with van der Waals surface area (Å²) in [7, 11) is 1.42. The highest BCUT2D eigenvalue weighted by Crippen LogP contribution is 2.19. The number of amides is 1. The van der Waals surface area contributed by atoms with E-state index >= 15 is 0 Å². The minimum absolute atomic E-state index is 0.163. The van der Waals surface area contributed by atoms with Crippen molar-refractivity contribution in [2.75, 3.05) is 13.6 Å². The van der Waals surface area contributed by atoms with Crippen molar-refractivity contribution < 1.29 is 14.7 Å². The number of carboxylic acids is 1. The Kier molecular flexibility index (Phi) is 5.33. The van der Waals surface area contributed by atoms with Gasteiger partial charge in [-0.3, -0.25) is 9.59 Å². The van der Waals surface area contributed by atoms with Gasteiger partial charge in [0.2, 0.25) is 0 Å². The lowest BCUT2D eigenvalue weighted by atomic mass is 10.2. The van der Waals surface area contributed by atoms with Crippen LogP contribution in [0, 0.1) is 0 Å². The zero-order valence-corrected chi connectivity index (χ0v) is 13.6. The molecule has 0 aliphatic rings. The van der Waals surface area contributed by atoms with Crippen molar-refractivity contribution in [3.8, 4) is 5.69 Å². The largest absolute Gasteiger partial charge is 0.480 e. The number of aliphatic carboxylic acids is 1. The van der Waals surface area contributed by atoms with Crippen LogP contribution in [0.1, 0.15) is 29.5 Å². The van der Waals surface area contributed by atoms with Crippen molar-refractivity contribution in [1.29, 1.82) is 0 Å². The molecule has 1 aromatic heterocycles. The third-order valence-electron chi connectivity index (χ3n) is 3.22. The molecule has 7 nitrogen and oxygen atoms in total. The first kappa shape index (κ1) is 17.0. The molecular weight excluding hydrogens is 320 g/mol. The Morgan fingerprint density at radius 3 is 2.74 bits per heavy atom. The molecule has 0 fully saturated rings. The van der Waals surface area contributed by atoms with Gasteiger partial charge in [-0.2, -0.15) is 0 Å². The second-order valence-electron chi connectivity index (χ2n) is 5.08. The number of halogens is 1. The molecule has 0 bridgehead atoms. The summed E-state index contributed by atoms with van der Waals surface area (Å²) < 4.78 is 1.57.